The van der Waals surface area contributed by atoms with Crippen molar-refractivity contribution >= 4 is 49.8 Å². The first-order valence-electron chi connectivity index (χ1n) is 8.04. The number of pyridine rings is 1. The second-order valence-electron chi connectivity index (χ2n) is 5.81. The van der Waals surface area contributed by atoms with Crippen LogP contribution in [0.25, 0.3) is 21.5 Å². The van der Waals surface area contributed by atoms with Gasteiger partial charge in [0.1, 0.15) is 9.90 Å². The molecule has 142 valence electrons. The van der Waals surface area contributed by atoms with E-state index in [1.165, 1.54) is 6.07 Å². The molecule has 0 unspecified atom stereocenters. The molecule has 0 aliphatic carbocycles. The number of aromatic nitrogens is 2. The summed E-state index contributed by atoms with van der Waals surface area (Å²) in [6.45, 7) is 0. The summed E-state index contributed by atoms with van der Waals surface area (Å²) in [5, 5.41) is 1.29. The topological polar surface area (TPSA) is 104 Å². The molecule has 0 radical (unpaired) electrons. The maximum absolute atomic E-state index is 12.5. The van der Waals surface area contributed by atoms with Gasteiger partial charge in [0, 0.05) is 22.1 Å². The monoisotopic (exact) mass is 432 g/mol. The van der Waals surface area contributed by atoms with Gasteiger partial charge in [-0.3, -0.25) is 15.2 Å². The number of benzene rings is 1. The number of carbonyl (C=O) groups is 1. The lowest BCUT2D eigenvalue weighted by atomic mass is 10.2. The summed E-state index contributed by atoms with van der Waals surface area (Å²) >= 11 is 6.99. The average molecular weight is 433 g/mol. The zero-order valence-corrected chi connectivity index (χ0v) is 16.5. The quantitative estimate of drug-likeness (QED) is 0.419. The molecule has 0 atom stereocenters. The van der Waals surface area contributed by atoms with Crippen LogP contribution in [0, 0.1) is 0 Å². The molecule has 0 saturated heterocycles. The molecule has 0 spiro atoms. The maximum Gasteiger partial charge on any atom is 0.282 e. The minimum absolute atomic E-state index is 0.0666. The van der Waals surface area contributed by atoms with Gasteiger partial charge < -0.3 is 4.98 Å². The van der Waals surface area contributed by atoms with E-state index in [4.69, 9.17) is 11.6 Å². The van der Waals surface area contributed by atoms with Gasteiger partial charge in [-0.2, -0.15) is 0 Å². The number of nitrogens with one attached hydrogen (secondary N) is 3. The average Bonchev–Trinajstić information content (AvgIpc) is 3.34. The van der Waals surface area contributed by atoms with Gasteiger partial charge in [0.15, 0.2) is 0 Å². The molecule has 3 heterocycles. The normalized spacial score (nSPS) is 11.6. The highest BCUT2D eigenvalue weighted by Crippen LogP contribution is 2.29. The van der Waals surface area contributed by atoms with E-state index in [9.17, 15) is 13.2 Å². The van der Waals surface area contributed by atoms with E-state index in [-0.39, 0.29) is 9.90 Å². The highest BCUT2D eigenvalue weighted by molar-refractivity contribution is 7.91. The number of rotatable bonds is 5. The molecule has 0 fully saturated rings. The van der Waals surface area contributed by atoms with Gasteiger partial charge in [-0.05, 0) is 48.5 Å². The van der Waals surface area contributed by atoms with Crippen LogP contribution in [0.1, 0.15) is 10.5 Å². The van der Waals surface area contributed by atoms with Gasteiger partial charge in [0.05, 0.1) is 10.6 Å². The number of carbonyl (C=O) groups excluding carboxylic acids is 1. The van der Waals surface area contributed by atoms with Gasteiger partial charge >= 0.3 is 0 Å². The lowest BCUT2D eigenvalue weighted by molar-refractivity contribution is 0.0941. The van der Waals surface area contributed by atoms with Crippen molar-refractivity contribution in [2.45, 2.75) is 4.21 Å². The van der Waals surface area contributed by atoms with E-state index in [1.807, 2.05) is 6.07 Å². The summed E-state index contributed by atoms with van der Waals surface area (Å²) in [7, 11) is -3.91. The zero-order valence-electron chi connectivity index (χ0n) is 14.1. The van der Waals surface area contributed by atoms with E-state index < -0.39 is 15.9 Å². The minimum atomic E-state index is -3.91. The zero-order chi connectivity index (χ0) is 19.7. The Bertz CT molecular complexity index is 1270. The summed E-state index contributed by atoms with van der Waals surface area (Å²) < 4.78 is 25.0. The first-order chi connectivity index (χ1) is 13.4. The number of fused-ring (bicyclic) bond motifs is 1. The first kappa shape index (κ1) is 18.6. The van der Waals surface area contributed by atoms with Crippen LogP contribution in [-0.4, -0.2) is 24.3 Å². The molecule has 4 rings (SSSR count). The Morgan fingerprint density at radius 3 is 2.75 bits per heavy atom. The van der Waals surface area contributed by atoms with Crippen LogP contribution in [0.5, 0.6) is 0 Å². The molecule has 1 amide bonds. The smallest absolute Gasteiger partial charge is 0.282 e. The standard InChI is InChI=1S/C18H13ClN4O3S2/c19-12-4-5-13-11(9-12)10-15(21-13)18(24)22-23-28(25,26)17-7-6-16(27-17)14-3-1-2-8-20-14/h1-10,21,23H,(H,22,24). The number of hydrogen-bond acceptors (Lipinski definition) is 5. The lowest BCUT2D eigenvalue weighted by Gasteiger charge is -2.05. The lowest BCUT2D eigenvalue weighted by Crippen LogP contribution is -2.41. The molecule has 10 heteroatoms. The number of aromatic amines is 1. The van der Waals surface area contributed by atoms with Crippen LogP contribution in [-0.2, 0) is 10.0 Å². The number of halogens is 1. The molecule has 3 N–H and O–H groups in total. The second kappa shape index (κ2) is 7.36. The number of nitrogens with zero attached hydrogens (tertiary/aromatic N) is 1. The van der Waals surface area contributed by atoms with E-state index in [0.29, 0.717) is 15.6 Å². The molecule has 0 aliphatic rings. The van der Waals surface area contributed by atoms with Crippen LogP contribution in [0.4, 0.5) is 0 Å². The van der Waals surface area contributed by atoms with Gasteiger partial charge in [0.2, 0.25) is 0 Å². The Kier molecular flexibility index (Phi) is 4.90. The summed E-state index contributed by atoms with van der Waals surface area (Å²) in [5.74, 6) is -0.614. The van der Waals surface area contributed by atoms with Crippen molar-refractivity contribution in [3.63, 3.8) is 0 Å². The van der Waals surface area contributed by atoms with Gasteiger partial charge in [-0.1, -0.05) is 17.7 Å². The number of H-pyrrole nitrogens is 1. The predicted molar refractivity (Wildman–Crippen MR) is 109 cm³/mol. The van der Waals surface area contributed by atoms with Crippen molar-refractivity contribution in [2.75, 3.05) is 0 Å². The van der Waals surface area contributed by atoms with Crippen molar-refractivity contribution in [1.29, 1.82) is 0 Å². The highest BCUT2D eigenvalue weighted by atomic mass is 35.5. The third-order valence-electron chi connectivity index (χ3n) is 3.89. The molecule has 4 aromatic rings. The molecule has 0 bridgehead atoms. The van der Waals surface area contributed by atoms with E-state index in [1.54, 1.807) is 48.7 Å². The number of hydrogen-bond donors (Lipinski definition) is 3. The highest BCUT2D eigenvalue weighted by Gasteiger charge is 2.19. The Morgan fingerprint density at radius 1 is 1.11 bits per heavy atom. The molecular formula is C18H13ClN4O3S2. The summed E-state index contributed by atoms with van der Waals surface area (Å²) in [5.41, 5.74) is 3.81. The Labute approximate surface area is 169 Å². The molecular weight excluding hydrogens is 420 g/mol. The Morgan fingerprint density at radius 2 is 1.96 bits per heavy atom. The van der Waals surface area contributed by atoms with Crippen LogP contribution in [0.3, 0.4) is 0 Å². The molecule has 0 aliphatic heterocycles. The third-order valence-corrected chi connectivity index (χ3v) is 6.97. The number of hydrazine groups is 1. The molecule has 0 saturated carbocycles. The van der Waals surface area contributed by atoms with E-state index >= 15 is 0 Å². The van der Waals surface area contributed by atoms with Crippen molar-refractivity contribution in [3.8, 4) is 10.6 Å². The summed E-state index contributed by atoms with van der Waals surface area (Å²) in [6, 6.07) is 15.3. The van der Waals surface area contributed by atoms with Crippen molar-refractivity contribution in [2.24, 2.45) is 0 Å². The van der Waals surface area contributed by atoms with Crippen LogP contribution in [0.15, 0.2) is 65.0 Å². The van der Waals surface area contributed by atoms with Crippen molar-refractivity contribution < 1.29 is 13.2 Å². The van der Waals surface area contributed by atoms with Crippen LogP contribution < -0.4 is 10.3 Å². The fourth-order valence-electron chi connectivity index (χ4n) is 2.57. The maximum atomic E-state index is 12.5. The van der Waals surface area contributed by atoms with Gasteiger partial charge in [0.25, 0.3) is 15.9 Å². The molecule has 7 nitrogen and oxygen atoms in total. The fraction of sp³-hybridized carbons (Fsp3) is 0. The summed E-state index contributed by atoms with van der Waals surface area (Å²) in [6.07, 6.45) is 1.63. The SMILES string of the molecule is O=C(NNS(=O)(=O)c1ccc(-c2ccccn2)s1)c1cc2cc(Cl)ccc2[nH]1. The molecule has 28 heavy (non-hydrogen) atoms. The number of sulfonamides is 1. The van der Waals surface area contributed by atoms with Crippen LogP contribution >= 0.6 is 22.9 Å². The predicted octanol–water partition coefficient (Wildman–Crippen LogP) is 3.57. The van der Waals surface area contributed by atoms with Gasteiger partial charge in [-0.15, -0.1) is 16.2 Å². The Hall–Kier alpha value is -2.72. The molecule has 1 aromatic carbocycles. The first-order valence-corrected chi connectivity index (χ1v) is 10.7. The van der Waals surface area contributed by atoms with Crippen LogP contribution in [0.2, 0.25) is 5.02 Å². The minimum Gasteiger partial charge on any atom is -0.350 e. The van der Waals surface area contributed by atoms with Gasteiger partial charge in [-0.25, -0.2) is 8.42 Å². The van der Waals surface area contributed by atoms with Crippen molar-refractivity contribution in [1.82, 2.24) is 20.2 Å². The van der Waals surface area contributed by atoms with E-state index in [2.05, 4.69) is 20.2 Å². The van der Waals surface area contributed by atoms with E-state index in [0.717, 1.165) is 22.2 Å². The largest absolute Gasteiger partial charge is 0.350 e. The number of thiophene rings is 1. The second-order valence-corrected chi connectivity index (χ2v) is 9.24. The molecule has 3 aromatic heterocycles. The third kappa shape index (κ3) is 3.78. The fourth-order valence-corrected chi connectivity index (χ4v) is 4.87. The Balaban J connectivity index is 1.48. The van der Waals surface area contributed by atoms with Crippen molar-refractivity contribution in [3.05, 3.63) is 71.5 Å². The summed E-state index contributed by atoms with van der Waals surface area (Å²) in [4.78, 5) is 22.2. The number of amides is 1.